The molecule has 2 aliphatic rings. The zero-order valence-electron chi connectivity index (χ0n) is 14.9. The highest BCUT2D eigenvalue weighted by molar-refractivity contribution is 5.95. The standard InChI is InChI=1S/C19H27N3O2.ClH/c1-19(18(24)21-13-6-10-20-11-14-21)9-5-12-22(15-19)17(23)16-7-3-2-4-8-16;/h2-4,7-8,20H,5-6,9-15H2,1H3;1H. The molecule has 5 nitrogen and oxygen atoms in total. The maximum Gasteiger partial charge on any atom is 0.253 e. The van der Waals surface area contributed by atoms with Crippen molar-refractivity contribution in [3.8, 4) is 0 Å². The first-order valence-corrected chi connectivity index (χ1v) is 8.95. The fraction of sp³-hybridized carbons (Fsp3) is 0.579. The summed E-state index contributed by atoms with van der Waals surface area (Å²) in [6.07, 6.45) is 2.73. The minimum atomic E-state index is -0.465. The van der Waals surface area contributed by atoms with Crippen molar-refractivity contribution in [2.24, 2.45) is 5.41 Å². The van der Waals surface area contributed by atoms with E-state index in [0.29, 0.717) is 12.1 Å². The average molecular weight is 366 g/mol. The minimum absolute atomic E-state index is 0. The zero-order chi connectivity index (χ0) is 17.0. The third-order valence-electron chi connectivity index (χ3n) is 5.15. The van der Waals surface area contributed by atoms with Crippen LogP contribution < -0.4 is 5.32 Å². The largest absolute Gasteiger partial charge is 0.341 e. The molecule has 1 aromatic rings. The number of carbonyl (C=O) groups is 2. The summed E-state index contributed by atoms with van der Waals surface area (Å²) in [6.45, 7) is 6.68. The number of rotatable bonds is 2. The molecule has 2 amide bonds. The number of hydrogen-bond acceptors (Lipinski definition) is 3. The fourth-order valence-electron chi connectivity index (χ4n) is 3.78. The van der Waals surface area contributed by atoms with Gasteiger partial charge in [-0.15, -0.1) is 12.4 Å². The Hall–Kier alpha value is -1.59. The van der Waals surface area contributed by atoms with Gasteiger partial charge in [0.25, 0.3) is 5.91 Å². The Bertz CT molecular complexity index is 588. The summed E-state index contributed by atoms with van der Waals surface area (Å²) in [5, 5.41) is 3.34. The van der Waals surface area contributed by atoms with Crippen LogP contribution in [0.25, 0.3) is 0 Å². The molecule has 25 heavy (non-hydrogen) atoms. The topological polar surface area (TPSA) is 52.7 Å². The van der Waals surface area contributed by atoms with Crippen LogP contribution in [0.3, 0.4) is 0 Å². The van der Waals surface area contributed by atoms with Crippen LogP contribution in [0.1, 0.15) is 36.5 Å². The van der Waals surface area contributed by atoms with E-state index < -0.39 is 5.41 Å². The second-order valence-corrected chi connectivity index (χ2v) is 7.15. The average Bonchev–Trinajstić information content (AvgIpc) is 2.90. The van der Waals surface area contributed by atoms with Gasteiger partial charge in [-0.05, 0) is 44.9 Å². The molecule has 3 rings (SSSR count). The number of benzene rings is 1. The van der Waals surface area contributed by atoms with E-state index in [1.54, 1.807) is 0 Å². The lowest BCUT2D eigenvalue weighted by Crippen LogP contribution is -2.53. The summed E-state index contributed by atoms with van der Waals surface area (Å²) in [5.41, 5.74) is 0.237. The summed E-state index contributed by atoms with van der Waals surface area (Å²) < 4.78 is 0. The Labute approximate surface area is 156 Å². The lowest BCUT2D eigenvalue weighted by Gasteiger charge is -2.41. The molecule has 0 bridgehead atoms. The molecule has 1 aromatic carbocycles. The number of carbonyl (C=O) groups excluding carboxylic acids is 2. The molecular weight excluding hydrogens is 338 g/mol. The van der Waals surface area contributed by atoms with Crippen molar-refractivity contribution in [2.45, 2.75) is 26.2 Å². The van der Waals surface area contributed by atoms with Gasteiger partial charge in [0.15, 0.2) is 0 Å². The van der Waals surface area contributed by atoms with E-state index in [1.165, 1.54) is 0 Å². The Kier molecular flexibility index (Phi) is 6.85. The van der Waals surface area contributed by atoms with Crippen molar-refractivity contribution >= 4 is 24.2 Å². The number of amides is 2. The SMILES string of the molecule is CC1(C(=O)N2CCCNCC2)CCCN(C(=O)c2ccccc2)C1.Cl. The Morgan fingerprint density at radius 2 is 1.72 bits per heavy atom. The van der Waals surface area contributed by atoms with E-state index >= 15 is 0 Å². The molecule has 2 aliphatic heterocycles. The van der Waals surface area contributed by atoms with Gasteiger partial charge in [-0.25, -0.2) is 0 Å². The highest BCUT2D eigenvalue weighted by Crippen LogP contribution is 2.32. The molecule has 2 saturated heterocycles. The molecule has 0 aliphatic carbocycles. The molecule has 2 fully saturated rings. The van der Waals surface area contributed by atoms with Crippen molar-refractivity contribution in [3.05, 3.63) is 35.9 Å². The van der Waals surface area contributed by atoms with Crippen LogP contribution in [0.2, 0.25) is 0 Å². The van der Waals surface area contributed by atoms with Crippen LogP contribution in [-0.4, -0.2) is 60.9 Å². The van der Waals surface area contributed by atoms with Crippen LogP contribution in [0.15, 0.2) is 30.3 Å². The number of nitrogens with one attached hydrogen (secondary N) is 1. The molecule has 0 radical (unpaired) electrons. The summed E-state index contributed by atoms with van der Waals surface area (Å²) in [4.78, 5) is 29.7. The molecule has 0 spiro atoms. The highest BCUT2D eigenvalue weighted by Gasteiger charge is 2.41. The van der Waals surface area contributed by atoms with Crippen LogP contribution in [0.5, 0.6) is 0 Å². The summed E-state index contributed by atoms with van der Waals surface area (Å²) in [7, 11) is 0. The van der Waals surface area contributed by atoms with E-state index in [0.717, 1.165) is 52.0 Å². The van der Waals surface area contributed by atoms with Crippen LogP contribution >= 0.6 is 12.4 Å². The maximum atomic E-state index is 13.1. The monoisotopic (exact) mass is 365 g/mol. The first-order valence-electron chi connectivity index (χ1n) is 8.95. The number of hydrogen-bond donors (Lipinski definition) is 1. The molecule has 1 atom stereocenters. The van der Waals surface area contributed by atoms with Crippen molar-refractivity contribution in [3.63, 3.8) is 0 Å². The summed E-state index contributed by atoms with van der Waals surface area (Å²) >= 11 is 0. The van der Waals surface area contributed by atoms with Crippen molar-refractivity contribution in [1.29, 1.82) is 0 Å². The first kappa shape index (κ1) is 19.7. The van der Waals surface area contributed by atoms with Crippen LogP contribution in [0, 0.1) is 5.41 Å². The van der Waals surface area contributed by atoms with E-state index in [1.807, 2.05) is 47.1 Å². The van der Waals surface area contributed by atoms with Gasteiger partial charge < -0.3 is 15.1 Å². The van der Waals surface area contributed by atoms with Gasteiger partial charge in [0, 0.05) is 38.3 Å². The number of halogens is 1. The molecule has 1 unspecified atom stereocenters. The molecule has 2 heterocycles. The number of piperidine rings is 1. The normalized spacial score (nSPS) is 24.2. The third-order valence-corrected chi connectivity index (χ3v) is 5.15. The second kappa shape index (κ2) is 8.68. The predicted molar refractivity (Wildman–Crippen MR) is 101 cm³/mol. The Morgan fingerprint density at radius 1 is 1.00 bits per heavy atom. The zero-order valence-corrected chi connectivity index (χ0v) is 15.7. The molecule has 0 saturated carbocycles. The quantitative estimate of drug-likeness (QED) is 0.873. The fourth-order valence-corrected chi connectivity index (χ4v) is 3.78. The third kappa shape index (κ3) is 4.53. The molecular formula is C19H28ClN3O2. The van der Waals surface area contributed by atoms with Crippen LogP contribution in [-0.2, 0) is 4.79 Å². The lowest BCUT2D eigenvalue weighted by atomic mass is 9.80. The van der Waals surface area contributed by atoms with Gasteiger partial charge in [0.05, 0.1) is 5.41 Å². The van der Waals surface area contributed by atoms with Crippen molar-refractivity contribution < 1.29 is 9.59 Å². The van der Waals surface area contributed by atoms with Gasteiger partial charge in [-0.2, -0.15) is 0 Å². The van der Waals surface area contributed by atoms with Gasteiger partial charge >= 0.3 is 0 Å². The summed E-state index contributed by atoms with van der Waals surface area (Å²) in [6, 6.07) is 9.36. The van der Waals surface area contributed by atoms with Gasteiger partial charge in [-0.1, -0.05) is 18.2 Å². The minimum Gasteiger partial charge on any atom is -0.341 e. The van der Waals surface area contributed by atoms with Crippen molar-refractivity contribution in [1.82, 2.24) is 15.1 Å². The molecule has 0 aromatic heterocycles. The Balaban J connectivity index is 0.00000225. The first-order chi connectivity index (χ1) is 11.6. The second-order valence-electron chi connectivity index (χ2n) is 7.15. The van der Waals surface area contributed by atoms with Gasteiger partial charge in [0.1, 0.15) is 0 Å². The van der Waals surface area contributed by atoms with Crippen LogP contribution in [0.4, 0.5) is 0 Å². The van der Waals surface area contributed by atoms with E-state index in [9.17, 15) is 9.59 Å². The van der Waals surface area contributed by atoms with E-state index in [4.69, 9.17) is 0 Å². The molecule has 138 valence electrons. The number of nitrogens with zero attached hydrogens (tertiary/aromatic N) is 2. The number of likely N-dealkylation sites (tertiary alicyclic amines) is 1. The van der Waals surface area contributed by atoms with E-state index in [-0.39, 0.29) is 24.2 Å². The highest BCUT2D eigenvalue weighted by atomic mass is 35.5. The lowest BCUT2D eigenvalue weighted by molar-refractivity contribution is -0.143. The molecule has 1 N–H and O–H groups in total. The summed E-state index contributed by atoms with van der Waals surface area (Å²) in [5.74, 6) is 0.239. The smallest absolute Gasteiger partial charge is 0.253 e. The van der Waals surface area contributed by atoms with Crippen molar-refractivity contribution in [2.75, 3.05) is 39.3 Å². The predicted octanol–water partition coefficient (Wildman–Crippen LogP) is 2.17. The van der Waals surface area contributed by atoms with Gasteiger partial charge in [-0.3, -0.25) is 9.59 Å². The maximum absolute atomic E-state index is 13.1. The molecule has 6 heteroatoms. The van der Waals surface area contributed by atoms with E-state index in [2.05, 4.69) is 5.32 Å². The Morgan fingerprint density at radius 3 is 2.48 bits per heavy atom. The van der Waals surface area contributed by atoms with Gasteiger partial charge in [0.2, 0.25) is 5.91 Å².